The minimum absolute atomic E-state index is 0.0583. The van der Waals surface area contributed by atoms with E-state index in [1.54, 1.807) is 6.07 Å². The van der Waals surface area contributed by atoms with Crippen LogP contribution in [0.3, 0.4) is 0 Å². The van der Waals surface area contributed by atoms with Gasteiger partial charge in [0.25, 0.3) is 0 Å². The predicted octanol–water partition coefficient (Wildman–Crippen LogP) is 2.05. The summed E-state index contributed by atoms with van der Waals surface area (Å²) in [5.41, 5.74) is 6.80. The molecule has 4 N–H and O–H groups in total. The highest BCUT2D eigenvalue weighted by molar-refractivity contribution is 5.97. The van der Waals surface area contributed by atoms with Gasteiger partial charge in [0, 0.05) is 18.2 Å². The van der Waals surface area contributed by atoms with Gasteiger partial charge in [0.1, 0.15) is 5.82 Å². The number of nitrogens with one attached hydrogen (secondary N) is 1. The van der Waals surface area contributed by atoms with Crippen molar-refractivity contribution in [3.05, 3.63) is 35.1 Å². The van der Waals surface area contributed by atoms with Gasteiger partial charge >= 0.3 is 0 Å². The van der Waals surface area contributed by atoms with Gasteiger partial charge < -0.3 is 16.3 Å². The van der Waals surface area contributed by atoms with Crippen molar-refractivity contribution in [2.24, 2.45) is 34.6 Å². The van der Waals surface area contributed by atoms with Gasteiger partial charge in [-0.1, -0.05) is 5.16 Å². The van der Waals surface area contributed by atoms with Crippen LogP contribution in [0.15, 0.2) is 23.4 Å². The summed E-state index contributed by atoms with van der Waals surface area (Å²) < 4.78 is 13.6. The van der Waals surface area contributed by atoms with Crippen molar-refractivity contribution in [2.75, 3.05) is 0 Å². The van der Waals surface area contributed by atoms with Crippen molar-refractivity contribution in [1.29, 1.82) is 0 Å². The standard InChI is InChI=1S/C16H20FN3O/c17-12-4-8(3-11(6-12)16(18)20-21)7-19-15-13-9-1-2-10(5-9)14(13)15/h3-4,6,9-10,13-15,19,21H,1-2,5,7H2,(H2,18,20). The molecule has 0 heterocycles. The largest absolute Gasteiger partial charge is 0.409 e. The molecule has 0 aliphatic heterocycles. The van der Waals surface area contributed by atoms with Gasteiger partial charge in [0.15, 0.2) is 5.84 Å². The molecular formula is C16H20FN3O. The van der Waals surface area contributed by atoms with Crippen LogP contribution in [0.5, 0.6) is 0 Å². The van der Waals surface area contributed by atoms with E-state index >= 15 is 0 Å². The number of nitrogens with two attached hydrogens (primary N) is 1. The first kappa shape index (κ1) is 13.1. The fourth-order valence-corrected chi connectivity index (χ4v) is 4.79. The monoisotopic (exact) mass is 289 g/mol. The van der Waals surface area contributed by atoms with Crippen molar-refractivity contribution in [2.45, 2.75) is 31.8 Å². The molecule has 2 bridgehead atoms. The summed E-state index contributed by atoms with van der Waals surface area (Å²) >= 11 is 0. The van der Waals surface area contributed by atoms with Crippen LogP contribution in [-0.2, 0) is 6.54 Å². The van der Waals surface area contributed by atoms with Gasteiger partial charge in [-0.15, -0.1) is 0 Å². The molecule has 3 saturated carbocycles. The molecule has 5 heteroatoms. The molecule has 3 aliphatic rings. The molecule has 112 valence electrons. The average molecular weight is 289 g/mol. The lowest BCUT2D eigenvalue weighted by molar-refractivity contribution is 0.318. The second-order valence-electron chi connectivity index (χ2n) is 6.73. The van der Waals surface area contributed by atoms with E-state index in [9.17, 15) is 4.39 Å². The Hall–Kier alpha value is -1.62. The maximum absolute atomic E-state index is 13.6. The van der Waals surface area contributed by atoms with Crippen LogP contribution >= 0.6 is 0 Å². The summed E-state index contributed by atoms with van der Waals surface area (Å²) in [6.07, 6.45) is 4.23. The van der Waals surface area contributed by atoms with E-state index in [0.717, 1.165) is 29.2 Å². The number of halogens is 1. The molecule has 3 fully saturated rings. The first-order chi connectivity index (χ1) is 10.2. The van der Waals surface area contributed by atoms with E-state index in [2.05, 4.69) is 10.5 Å². The summed E-state index contributed by atoms with van der Waals surface area (Å²) in [6, 6.07) is 5.18. The number of benzene rings is 1. The molecule has 3 aliphatic carbocycles. The third kappa shape index (κ3) is 2.11. The average Bonchev–Trinajstić information content (AvgIpc) is 2.86. The van der Waals surface area contributed by atoms with E-state index in [4.69, 9.17) is 10.9 Å². The van der Waals surface area contributed by atoms with Crippen molar-refractivity contribution in [3.8, 4) is 0 Å². The van der Waals surface area contributed by atoms with E-state index in [1.165, 1.54) is 31.4 Å². The number of amidine groups is 1. The van der Waals surface area contributed by atoms with Crippen molar-refractivity contribution in [3.63, 3.8) is 0 Å². The van der Waals surface area contributed by atoms with Crippen LogP contribution in [0.2, 0.25) is 0 Å². The van der Waals surface area contributed by atoms with Crippen molar-refractivity contribution < 1.29 is 9.60 Å². The Kier molecular flexibility index (Phi) is 2.92. The Morgan fingerprint density at radius 1 is 1.29 bits per heavy atom. The highest BCUT2D eigenvalue weighted by atomic mass is 19.1. The first-order valence-electron chi connectivity index (χ1n) is 7.68. The normalized spacial score (nSPS) is 36.8. The van der Waals surface area contributed by atoms with Gasteiger partial charge in [0.05, 0.1) is 0 Å². The Bertz CT molecular complexity index is 587. The molecule has 0 spiro atoms. The maximum atomic E-state index is 13.6. The lowest BCUT2D eigenvalue weighted by Crippen LogP contribution is -2.23. The van der Waals surface area contributed by atoms with Gasteiger partial charge in [-0.05, 0) is 66.7 Å². The van der Waals surface area contributed by atoms with Gasteiger partial charge in [0.2, 0.25) is 0 Å². The second-order valence-corrected chi connectivity index (χ2v) is 6.73. The Morgan fingerprint density at radius 2 is 2.00 bits per heavy atom. The Morgan fingerprint density at radius 3 is 2.67 bits per heavy atom. The van der Waals surface area contributed by atoms with E-state index in [-0.39, 0.29) is 11.7 Å². The molecule has 4 unspecified atom stereocenters. The molecule has 0 amide bonds. The highest BCUT2D eigenvalue weighted by Gasteiger charge is 2.64. The number of oxime groups is 1. The minimum atomic E-state index is -0.355. The minimum Gasteiger partial charge on any atom is -0.409 e. The third-order valence-corrected chi connectivity index (χ3v) is 5.64. The number of nitrogens with zero attached hydrogens (tertiary/aromatic N) is 1. The van der Waals surface area contributed by atoms with Crippen LogP contribution < -0.4 is 11.1 Å². The SMILES string of the molecule is N/C(=N/O)c1cc(F)cc(CNC2C3C4CCC(C4)C23)c1. The zero-order valence-electron chi connectivity index (χ0n) is 11.8. The molecule has 1 aromatic rings. The highest BCUT2D eigenvalue weighted by Crippen LogP contribution is 2.65. The molecule has 4 atom stereocenters. The Balaban J connectivity index is 1.43. The third-order valence-electron chi connectivity index (χ3n) is 5.64. The fourth-order valence-electron chi connectivity index (χ4n) is 4.79. The quantitative estimate of drug-likeness (QED) is 0.344. The molecule has 21 heavy (non-hydrogen) atoms. The van der Waals surface area contributed by atoms with Gasteiger partial charge in [-0.25, -0.2) is 4.39 Å². The second kappa shape index (κ2) is 4.70. The van der Waals surface area contributed by atoms with Crippen molar-refractivity contribution >= 4 is 5.84 Å². The summed E-state index contributed by atoms with van der Waals surface area (Å²) in [5.74, 6) is 3.17. The molecule has 0 aromatic heterocycles. The van der Waals surface area contributed by atoms with E-state index < -0.39 is 0 Å². The number of fused-ring (bicyclic) bond motifs is 5. The smallest absolute Gasteiger partial charge is 0.170 e. The molecule has 4 rings (SSSR count). The van der Waals surface area contributed by atoms with Crippen LogP contribution in [-0.4, -0.2) is 17.1 Å². The summed E-state index contributed by atoms with van der Waals surface area (Å²) in [5, 5.41) is 15.2. The zero-order valence-corrected chi connectivity index (χ0v) is 11.8. The summed E-state index contributed by atoms with van der Waals surface area (Å²) in [7, 11) is 0. The van der Waals surface area contributed by atoms with Gasteiger partial charge in [-0.2, -0.15) is 0 Å². The molecule has 4 nitrogen and oxygen atoms in total. The fraction of sp³-hybridized carbons (Fsp3) is 0.562. The molecule has 0 saturated heterocycles. The molecule has 1 aromatic carbocycles. The van der Waals surface area contributed by atoms with Crippen molar-refractivity contribution in [1.82, 2.24) is 5.32 Å². The summed E-state index contributed by atoms with van der Waals surface area (Å²) in [4.78, 5) is 0. The topological polar surface area (TPSA) is 70.6 Å². The molecule has 0 radical (unpaired) electrons. The maximum Gasteiger partial charge on any atom is 0.170 e. The molecular weight excluding hydrogens is 269 g/mol. The Labute approximate surface area is 123 Å². The van der Waals surface area contributed by atoms with Crippen LogP contribution in [0, 0.1) is 29.5 Å². The summed E-state index contributed by atoms with van der Waals surface area (Å²) in [6.45, 7) is 0.639. The number of hydrogen-bond donors (Lipinski definition) is 3. The van der Waals surface area contributed by atoms with Crippen LogP contribution in [0.1, 0.15) is 30.4 Å². The lowest BCUT2D eigenvalue weighted by atomic mass is 10.0. The number of hydrogen-bond acceptors (Lipinski definition) is 3. The van der Waals surface area contributed by atoms with Crippen LogP contribution in [0.25, 0.3) is 0 Å². The number of rotatable bonds is 4. The van der Waals surface area contributed by atoms with Crippen LogP contribution in [0.4, 0.5) is 4.39 Å². The lowest BCUT2D eigenvalue weighted by Gasteiger charge is -2.11. The zero-order chi connectivity index (χ0) is 14.6. The van der Waals surface area contributed by atoms with E-state index in [1.807, 2.05) is 0 Å². The predicted molar refractivity (Wildman–Crippen MR) is 77.3 cm³/mol. The first-order valence-corrected chi connectivity index (χ1v) is 7.68. The van der Waals surface area contributed by atoms with E-state index in [0.29, 0.717) is 18.2 Å². The van der Waals surface area contributed by atoms with Gasteiger partial charge in [-0.3, -0.25) is 0 Å².